The van der Waals surface area contributed by atoms with Crippen LogP contribution < -0.4 is 5.32 Å². The first-order valence-electron chi connectivity index (χ1n) is 7.47. The van der Waals surface area contributed by atoms with Gasteiger partial charge in [0.05, 0.1) is 5.56 Å². The van der Waals surface area contributed by atoms with E-state index in [2.05, 4.69) is 5.32 Å². The standard InChI is InChI=1S/C19H21NO3/c1-12-7-13(2)9-17(8-12)20-18(21)11-23-19(22)16-6-5-14(3)15(4)10-16/h5-10H,11H2,1-4H3,(H,20,21). The third-order valence-corrected chi connectivity index (χ3v) is 3.58. The second-order valence-electron chi connectivity index (χ2n) is 5.80. The summed E-state index contributed by atoms with van der Waals surface area (Å²) in [4.78, 5) is 23.9. The van der Waals surface area contributed by atoms with Crippen LogP contribution in [0.2, 0.25) is 0 Å². The molecule has 4 nitrogen and oxygen atoms in total. The van der Waals surface area contributed by atoms with E-state index in [9.17, 15) is 9.59 Å². The molecule has 0 saturated carbocycles. The van der Waals surface area contributed by atoms with E-state index in [1.54, 1.807) is 12.1 Å². The maximum Gasteiger partial charge on any atom is 0.338 e. The van der Waals surface area contributed by atoms with Gasteiger partial charge in [-0.2, -0.15) is 0 Å². The average Bonchev–Trinajstić information content (AvgIpc) is 2.46. The first-order valence-corrected chi connectivity index (χ1v) is 7.47. The molecular formula is C19H21NO3. The molecule has 23 heavy (non-hydrogen) atoms. The molecule has 0 heterocycles. The first kappa shape index (κ1) is 16.7. The number of rotatable bonds is 4. The molecular weight excluding hydrogens is 290 g/mol. The van der Waals surface area contributed by atoms with Crippen LogP contribution in [0.5, 0.6) is 0 Å². The van der Waals surface area contributed by atoms with Crippen molar-refractivity contribution in [1.82, 2.24) is 0 Å². The summed E-state index contributed by atoms with van der Waals surface area (Å²) in [6.07, 6.45) is 0. The van der Waals surface area contributed by atoms with Crippen LogP contribution in [0, 0.1) is 27.7 Å². The van der Waals surface area contributed by atoms with Crippen molar-refractivity contribution in [3.8, 4) is 0 Å². The summed E-state index contributed by atoms with van der Waals surface area (Å²) in [5, 5.41) is 2.73. The second-order valence-corrected chi connectivity index (χ2v) is 5.80. The number of esters is 1. The number of nitrogens with one attached hydrogen (secondary N) is 1. The Balaban J connectivity index is 1.93. The van der Waals surface area contributed by atoms with Crippen molar-refractivity contribution >= 4 is 17.6 Å². The number of carbonyl (C=O) groups is 2. The summed E-state index contributed by atoms with van der Waals surface area (Å²) >= 11 is 0. The SMILES string of the molecule is Cc1cc(C)cc(NC(=O)COC(=O)c2ccc(C)c(C)c2)c1. The summed E-state index contributed by atoms with van der Waals surface area (Å²) in [6, 6.07) is 11.1. The summed E-state index contributed by atoms with van der Waals surface area (Å²) in [5.74, 6) is -0.851. The molecule has 2 aromatic rings. The van der Waals surface area contributed by atoms with Crippen LogP contribution in [-0.4, -0.2) is 18.5 Å². The van der Waals surface area contributed by atoms with Gasteiger partial charge in [0, 0.05) is 5.69 Å². The van der Waals surface area contributed by atoms with Gasteiger partial charge in [0.1, 0.15) is 0 Å². The first-order chi connectivity index (χ1) is 10.8. The average molecular weight is 311 g/mol. The second kappa shape index (κ2) is 7.09. The zero-order valence-electron chi connectivity index (χ0n) is 13.9. The Labute approximate surface area is 136 Å². The number of anilines is 1. The van der Waals surface area contributed by atoms with Crippen molar-refractivity contribution in [2.75, 3.05) is 11.9 Å². The van der Waals surface area contributed by atoms with Crippen molar-refractivity contribution in [3.63, 3.8) is 0 Å². The lowest BCUT2D eigenvalue weighted by Crippen LogP contribution is -2.21. The zero-order chi connectivity index (χ0) is 17.0. The Morgan fingerprint density at radius 3 is 2.17 bits per heavy atom. The Morgan fingerprint density at radius 2 is 1.57 bits per heavy atom. The van der Waals surface area contributed by atoms with Crippen molar-refractivity contribution in [2.45, 2.75) is 27.7 Å². The molecule has 120 valence electrons. The number of hydrogen-bond acceptors (Lipinski definition) is 3. The lowest BCUT2D eigenvalue weighted by atomic mass is 10.1. The van der Waals surface area contributed by atoms with Crippen molar-refractivity contribution in [1.29, 1.82) is 0 Å². The van der Waals surface area contributed by atoms with Gasteiger partial charge >= 0.3 is 5.97 Å². The molecule has 0 spiro atoms. The van der Waals surface area contributed by atoms with Crippen LogP contribution in [-0.2, 0) is 9.53 Å². The minimum absolute atomic E-state index is 0.307. The summed E-state index contributed by atoms with van der Waals surface area (Å²) in [6.45, 7) is 7.52. The molecule has 0 aliphatic rings. The van der Waals surface area contributed by atoms with Gasteiger partial charge < -0.3 is 10.1 Å². The Kier molecular flexibility index (Phi) is 5.16. The smallest absolute Gasteiger partial charge is 0.338 e. The van der Waals surface area contributed by atoms with Crippen LogP contribution >= 0.6 is 0 Å². The van der Waals surface area contributed by atoms with Crippen molar-refractivity contribution in [3.05, 3.63) is 64.2 Å². The van der Waals surface area contributed by atoms with Crippen LogP contribution in [0.1, 0.15) is 32.6 Å². The van der Waals surface area contributed by atoms with Crippen LogP contribution in [0.15, 0.2) is 36.4 Å². The van der Waals surface area contributed by atoms with Crippen molar-refractivity contribution < 1.29 is 14.3 Å². The van der Waals surface area contributed by atoms with Crippen LogP contribution in [0.3, 0.4) is 0 Å². The molecule has 0 aromatic heterocycles. The normalized spacial score (nSPS) is 10.3. The quantitative estimate of drug-likeness (QED) is 0.876. The molecule has 0 saturated heterocycles. The number of amides is 1. The maximum absolute atomic E-state index is 12.0. The van der Waals surface area contributed by atoms with Crippen LogP contribution in [0.4, 0.5) is 5.69 Å². The molecule has 1 amide bonds. The predicted octanol–water partition coefficient (Wildman–Crippen LogP) is 3.72. The highest BCUT2D eigenvalue weighted by Crippen LogP contribution is 2.14. The van der Waals surface area contributed by atoms with Crippen LogP contribution in [0.25, 0.3) is 0 Å². The number of carbonyl (C=O) groups excluding carboxylic acids is 2. The number of aryl methyl sites for hydroxylation is 4. The van der Waals surface area contributed by atoms with E-state index in [4.69, 9.17) is 4.74 Å². The number of benzene rings is 2. The van der Waals surface area contributed by atoms with Gasteiger partial charge in [0.25, 0.3) is 5.91 Å². The van der Waals surface area contributed by atoms with Gasteiger partial charge in [-0.1, -0.05) is 12.1 Å². The Hall–Kier alpha value is -2.62. The fraction of sp³-hybridized carbons (Fsp3) is 0.263. The highest BCUT2D eigenvalue weighted by molar-refractivity contribution is 5.95. The fourth-order valence-corrected chi connectivity index (χ4v) is 2.33. The summed E-state index contributed by atoms with van der Waals surface area (Å²) < 4.78 is 5.07. The van der Waals surface area contributed by atoms with E-state index in [1.807, 2.05) is 52.0 Å². The van der Waals surface area contributed by atoms with Gasteiger partial charge in [-0.3, -0.25) is 4.79 Å². The minimum atomic E-state index is -0.497. The maximum atomic E-state index is 12.0. The van der Waals surface area contributed by atoms with Gasteiger partial charge in [0.15, 0.2) is 6.61 Å². The summed E-state index contributed by atoms with van der Waals surface area (Å²) in [7, 11) is 0. The van der Waals surface area contributed by atoms with E-state index >= 15 is 0 Å². The van der Waals surface area contributed by atoms with Gasteiger partial charge in [-0.05, 0) is 74.2 Å². The highest BCUT2D eigenvalue weighted by atomic mass is 16.5. The number of ether oxygens (including phenoxy) is 1. The Bertz CT molecular complexity index is 730. The lowest BCUT2D eigenvalue weighted by Gasteiger charge is -2.09. The molecule has 0 aliphatic heterocycles. The molecule has 2 aromatic carbocycles. The van der Waals surface area contributed by atoms with Gasteiger partial charge in [0.2, 0.25) is 0 Å². The van der Waals surface area contributed by atoms with E-state index in [1.165, 1.54) is 0 Å². The van der Waals surface area contributed by atoms with E-state index in [-0.39, 0.29) is 12.5 Å². The number of hydrogen-bond donors (Lipinski definition) is 1. The minimum Gasteiger partial charge on any atom is -0.452 e. The largest absolute Gasteiger partial charge is 0.452 e. The topological polar surface area (TPSA) is 55.4 Å². The molecule has 0 bridgehead atoms. The van der Waals surface area contributed by atoms with E-state index in [0.29, 0.717) is 11.3 Å². The zero-order valence-corrected chi connectivity index (χ0v) is 13.9. The van der Waals surface area contributed by atoms with E-state index in [0.717, 1.165) is 22.3 Å². The molecule has 1 N–H and O–H groups in total. The van der Waals surface area contributed by atoms with Gasteiger partial charge in [-0.15, -0.1) is 0 Å². The predicted molar refractivity (Wildman–Crippen MR) is 90.7 cm³/mol. The lowest BCUT2D eigenvalue weighted by molar-refractivity contribution is -0.119. The molecule has 0 radical (unpaired) electrons. The monoisotopic (exact) mass is 311 g/mol. The molecule has 4 heteroatoms. The molecule has 2 rings (SSSR count). The third kappa shape index (κ3) is 4.68. The highest BCUT2D eigenvalue weighted by Gasteiger charge is 2.11. The summed E-state index contributed by atoms with van der Waals surface area (Å²) in [5.41, 5.74) is 5.40. The molecule has 0 aliphatic carbocycles. The molecule has 0 unspecified atom stereocenters. The fourth-order valence-electron chi connectivity index (χ4n) is 2.33. The molecule has 0 fully saturated rings. The van der Waals surface area contributed by atoms with E-state index < -0.39 is 5.97 Å². The molecule has 0 atom stereocenters. The third-order valence-electron chi connectivity index (χ3n) is 3.58. The van der Waals surface area contributed by atoms with Crippen molar-refractivity contribution in [2.24, 2.45) is 0 Å². The Morgan fingerprint density at radius 1 is 0.913 bits per heavy atom. The van der Waals surface area contributed by atoms with Gasteiger partial charge in [-0.25, -0.2) is 4.79 Å².